The van der Waals surface area contributed by atoms with Crippen molar-refractivity contribution in [3.05, 3.63) is 11.8 Å². The maximum absolute atomic E-state index is 5.29. The standard InChI is InChI=1S/C4H9ClN2/c1-3(6)2-4(5)7/h2,4H,6-7H2,1H3/b3-2-. The van der Waals surface area contributed by atoms with E-state index >= 15 is 0 Å². The van der Waals surface area contributed by atoms with E-state index in [1.54, 1.807) is 13.0 Å². The third-order valence-electron chi connectivity index (χ3n) is 0.422. The van der Waals surface area contributed by atoms with Crippen LogP contribution < -0.4 is 11.5 Å². The van der Waals surface area contributed by atoms with Gasteiger partial charge in [-0.15, -0.1) is 11.6 Å². The summed E-state index contributed by atoms with van der Waals surface area (Å²) in [4.78, 5) is 0. The Morgan fingerprint density at radius 1 is 1.86 bits per heavy atom. The first-order chi connectivity index (χ1) is 3.13. The van der Waals surface area contributed by atoms with Gasteiger partial charge >= 0.3 is 0 Å². The number of allylic oxidation sites excluding steroid dienone is 1. The molecule has 0 radical (unpaired) electrons. The smallest absolute Gasteiger partial charge is 0.101 e. The molecular formula is C4H9ClN2. The zero-order valence-electron chi connectivity index (χ0n) is 4.19. The van der Waals surface area contributed by atoms with Gasteiger partial charge in [-0.3, -0.25) is 0 Å². The van der Waals surface area contributed by atoms with Crippen molar-refractivity contribution < 1.29 is 0 Å². The van der Waals surface area contributed by atoms with Crippen LogP contribution >= 0.6 is 11.6 Å². The SMILES string of the molecule is C/C(N)=C/C(N)Cl. The van der Waals surface area contributed by atoms with E-state index in [9.17, 15) is 0 Å². The van der Waals surface area contributed by atoms with Crippen LogP contribution in [0.3, 0.4) is 0 Å². The van der Waals surface area contributed by atoms with Crippen LogP contribution in [0.25, 0.3) is 0 Å². The van der Waals surface area contributed by atoms with Crippen molar-refractivity contribution >= 4 is 11.6 Å². The van der Waals surface area contributed by atoms with Crippen molar-refractivity contribution in [3.63, 3.8) is 0 Å². The molecular weight excluding hydrogens is 112 g/mol. The molecule has 4 N–H and O–H groups in total. The summed E-state index contributed by atoms with van der Waals surface area (Å²) in [5, 5.41) is 0. The van der Waals surface area contributed by atoms with Crippen molar-refractivity contribution in [3.8, 4) is 0 Å². The van der Waals surface area contributed by atoms with Gasteiger partial charge in [-0.2, -0.15) is 0 Å². The van der Waals surface area contributed by atoms with Crippen LogP contribution in [-0.2, 0) is 0 Å². The van der Waals surface area contributed by atoms with Gasteiger partial charge < -0.3 is 11.5 Å². The Morgan fingerprint density at radius 3 is 2.29 bits per heavy atom. The van der Waals surface area contributed by atoms with Gasteiger partial charge in [0.2, 0.25) is 0 Å². The van der Waals surface area contributed by atoms with E-state index in [-0.39, 0.29) is 0 Å². The Kier molecular flexibility index (Phi) is 2.79. The van der Waals surface area contributed by atoms with Gasteiger partial charge in [0.1, 0.15) is 5.50 Å². The van der Waals surface area contributed by atoms with Crippen molar-refractivity contribution in [2.24, 2.45) is 11.5 Å². The summed E-state index contributed by atoms with van der Waals surface area (Å²) < 4.78 is 0. The number of halogens is 1. The van der Waals surface area contributed by atoms with Crippen LogP contribution in [0, 0.1) is 0 Å². The first-order valence-electron chi connectivity index (χ1n) is 1.96. The van der Waals surface area contributed by atoms with Gasteiger partial charge in [0.05, 0.1) is 0 Å². The van der Waals surface area contributed by atoms with Gasteiger partial charge in [-0.1, -0.05) is 0 Å². The van der Waals surface area contributed by atoms with Crippen LogP contribution in [0.1, 0.15) is 6.92 Å². The van der Waals surface area contributed by atoms with Gasteiger partial charge in [0.25, 0.3) is 0 Å². The molecule has 0 aromatic rings. The van der Waals surface area contributed by atoms with Gasteiger partial charge in [0.15, 0.2) is 0 Å². The molecule has 0 bridgehead atoms. The first kappa shape index (κ1) is 6.79. The van der Waals surface area contributed by atoms with Crippen LogP contribution in [0.2, 0.25) is 0 Å². The number of hydrogen-bond acceptors (Lipinski definition) is 2. The average Bonchev–Trinajstić information content (AvgIpc) is 1.27. The van der Waals surface area contributed by atoms with E-state index in [4.69, 9.17) is 23.1 Å². The van der Waals surface area contributed by atoms with E-state index < -0.39 is 5.50 Å². The molecule has 0 amide bonds. The Morgan fingerprint density at radius 2 is 2.29 bits per heavy atom. The molecule has 7 heavy (non-hydrogen) atoms. The molecule has 0 rings (SSSR count). The summed E-state index contributed by atoms with van der Waals surface area (Å²) in [6.45, 7) is 1.74. The highest BCUT2D eigenvalue weighted by Gasteiger charge is 1.85. The number of rotatable bonds is 1. The lowest BCUT2D eigenvalue weighted by Crippen LogP contribution is -2.09. The molecule has 42 valence electrons. The van der Waals surface area contributed by atoms with E-state index in [1.807, 2.05) is 0 Å². The molecule has 0 spiro atoms. The van der Waals surface area contributed by atoms with Crippen molar-refractivity contribution in [2.45, 2.75) is 12.4 Å². The van der Waals surface area contributed by atoms with Crippen LogP contribution in [0.15, 0.2) is 11.8 Å². The molecule has 0 saturated heterocycles. The third-order valence-corrected chi connectivity index (χ3v) is 0.548. The Bertz CT molecular complexity index is 73.8. The zero-order chi connectivity index (χ0) is 5.86. The molecule has 0 saturated carbocycles. The van der Waals surface area contributed by atoms with E-state index in [0.29, 0.717) is 5.70 Å². The Balaban J connectivity index is 3.45. The van der Waals surface area contributed by atoms with Crippen molar-refractivity contribution in [1.29, 1.82) is 0 Å². The quantitative estimate of drug-likeness (QED) is 0.388. The second-order valence-corrected chi connectivity index (χ2v) is 1.86. The molecule has 0 aromatic heterocycles. The average molecular weight is 121 g/mol. The maximum Gasteiger partial charge on any atom is 0.101 e. The minimum Gasteiger partial charge on any atom is -0.402 e. The van der Waals surface area contributed by atoms with Gasteiger partial charge in [-0.05, 0) is 13.0 Å². The minimum absolute atomic E-state index is 0.440. The highest BCUT2D eigenvalue weighted by Crippen LogP contribution is 1.88. The van der Waals surface area contributed by atoms with E-state index in [0.717, 1.165) is 0 Å². The Labute approximate surface area is 48.1 Å². The predicted octanol–water partition coefficient (Wildman–Crippen LogP) is 0.373. The van der Waals surface area contributed by atoms with Crippen molar-refractivity contribution in [1.82, 2.24) is 0 Å². The molecule has 0 aliphatic rings. The monoisotopic (exact) mass is 120 g/mol. The predicted molar refractivity (Wildman–Crippen MR) is 31.8 cm³/mol. The summed E-state index contributed by atoms with van der Waals surface area (Å²) in [6.07, 6.45) is 1.57. The summed E-state index contributed by atoms with van der Waals surface area (Å²) >= 11 is 5.29. The summed E-state index contributed by atoms with van der Waals surface area (Å²) in [6, 6.07) is 0. The van der Waals surface area contributed by atoms with Crippen LogP contribution in [0.5, 0.6) is 0 Å². The highest BCUT2D eigenvalue weighted by molar-refractivity contribution is 6.21. The fourth-order valence-electron chi connectivity index (χ4n) is 0.251. The normalized spacial score (nSPS) is 16.7. The maximum atomic E-state index is 5.29. The molecule has 0 fully saturated rings. The summed E-state index contributed by atoms with van der Waals surface area (Å²) in [5.74, 6) is 0. The lowest BCUT2D eigenvalue weighted by molar-refractivity contribution is 1.10. The fraction of sp³-hybridized carbons (Fsp3) is 0.500. The molecule has 1 atom stereocenters. The van der Waals surface area contributed by atoms with Crippen LogP contribution in [-0.4, -0.2) is 5.50 Å². The molecule has 3 heteroatoms. The molecule has 1 unspecified atom stereocenters. The van der Waals surface area contributed by atoms with Crippen molar-refractivity contribution in [2.75, 3.05) is 0 Å². The zero-order valence-corrected chi connectivity index (χ0v) is 4.94. The fourth-order valence-corrected chi connectivity index (χ4v) is 0.450. The molecule has 0 aromatic carbocycles. The Hall–Kier alpha value is -0.210. The summed E-state index contributed by atoms with van der Waals surface area (Å²) in [5.41, 5.74) is 10.5. The molecule has 0 aliphatic heterocycles. The van der Waals surface area contributed by atoms with Gasteiger partial charge in [0, 0.05) is 5.70 Å². The molecule has 0 heterocycles. The lowest BCUT2D eigenvalue weighted by Gasteiger charge is -1.91. The van der Waals surface area contributed by atoms with E-state index in [1.165, 1.54) is 0 Å². The number of hydrogen-bond donors (Lipinski definition) is 2. The molecule has 0 aliphatic carbocycles. The topological polar surface area (TPSA) is 52.0 Å². The number of nitrogens with two attached hydrogens (primary N) is 2. The largest absolute Gasteiger partial charge is 0.402 e. The summed E-state index contributed by atoms with van der Waals surface area (Å²) in [7, 11) is 0. The second-order valence-electron chi connectivity index (χ2n) is 1.36. The van der Waals surface area contributed by atoms with Gasteiger partial charge in [-0.25, -0.2) is 0 Å². The molecule has 2 nitrogen and oxygen atoms in total. The second kappa shape index (κ2) is 2.88. The van der Waals surface area contributed by atoms with Crippen LogP contribution in [0.4, 0.5) is 0 Å². The number of alkyl halides is 1. The highest BCUT2D eigenvalue weighted by atomic mass is 35.5. The van der Waals surface area contributed by atoms with E-state index in [2.05, 4.69) is 0 Å². The third kappa shape index (κ3) is 5.79. The minimum atomic E-state index is -0.440. The first-order valence-corrected chi connectivity index (χ1v) is 2.40. The lowest BCUT2D eigenvalue weighted by atomic mass is 10.4.